The Labute approximate surface area is 149 Å². The Morgan fingerprint density at radius 1 is 1.27 bits per heavy atom. The van der Waals surface area contributed by atoms with Crippen LogP contribution in [0.1, 0.15) is 36.8 Å². The first kappa shape index (κ1) is 16.8. The number of Topliss-reactive ketones (excluding diaryl/α,β-unsaturated/α-hetero) is 1. The second kappa shape index (κ2) is 6.28. The summed E-state index contributed by atoms with van der Waals surface area (Å²) in [7, 11) is 0. The van der Waals surface area contributed by atoms with Gasteiger partial charge in [0.25, 0.3) is 5.91 Å². The predicted octanol–water partition coefficient (Wildman–Crippen LogP) is 0.497. The zero-order valence-corrected chi connectivity index (χ0v) is 14.3. The van der Waals surface area contributed by atoms with Crippen LogP contribution < -0.4 is 9.47 Å². The molecular formula is C18H19NO7. The molecule has 8 heteroatoms. The third kappa shape index (κ3) is 2.80. The van der Waals surface area contributed by atoms with E-state index in [2.05, 4.69) is 0 Å². The summed E-state index contributed by atoms with van der Waals surface area (Å²) in [6, 6.07) is 3.59. The van der Waals surface area contributed by atoms with Crippen LogP contribution in [0.3, 0.4) is 0 Å². The Kier molecular flexibility index (Phi) is 4.07. The molecular weight excluding hydrogens is 342 g/mol. The molecule has 1 fully saturated rings. The van der Waals surface area contributed by atoms with Crippen LogP contribution in [-0.2, 0) is 25.7 Å². The van der Waals surface area contributed by atoms with Gasteiger partial charge in [-0.15, -0.1) is 0 Å². The number of benzene rings is 1. The largest absolute Gasteiger partial charge is 0.454 e. The highest BCUT2D eigenvalue weighted by Gasteiger charge is 2.41. The molecule has 3 aliphatic heterocycles. The highest BCUT2D eigenvalue weighted by atomic mass is 16.7. The standard InChI is InChI=1S/C18H19NO7/c1-9(20)26-17-14(22)6-13(21)11-2-3-19(18(17)23)7-10-4-15-16(5-12(10)11)25-8-24-15/h4-5,11,14,17,22H,2-3,6-8H2,1H3/t11-,14-,17+/m1/s1. The number of carbonyl (C=O) groups is 3. The molecule has 8 nitrogen and oxygen atoms in total. The topological polar surface area (TPSA) is 102 Å². The maximum Gasteiger partial charge on any atom is 0.303 e. The molecule has 1 aromatic rings. The number of fused-ring (bicyclic) bond motifs is 6. The Hall–Kier alpha value is -2.61. The molecule has 0 aromatic heterocycles. The van der Waals surface area contributed by atoms with Gasteiger partial charge in [-0.05, 0) is 29.7 Å². The van der Waals surface area contributed by atoms with E-state index in [9.17, 15) is 19.5 Å². The highest BCUT2D eigenvalue weighted by molar-refractivity contribution is 5.91. The van der Waals surface area contributed by atoms with Crippen molar-refractivity contribution >= 4 is 17.7 Å². The number of rotatable bonds is 1. The molecule has 3 aliphatic rings. The van der Waals surface area contributed by atoms with E-state index in [-0.39, 0.29) is 25.5 Å². The van der Waals surface area contributed by atoms with Crippen LogP contribution in [0, 0.1) is 0 Å². The van der Waals surface area contributed by atoms with Crippen molar-refractivity contribution in [2.24, 2.45) is 0 Å². The first-order valence-corrected chi connectivity index (χ1v) is 8.53. The zero-order valence-electron chi connectivity index (χ0n) is 14.3. The number of hydrogen-bond acceptors (Lipinski definition) is 7. The van der Waals surface area contributed by atoms with E-state index in [1.54, 1.807) is 12.1 Å². The molecule has 138 valence electrons. The van der Waals surface area contributed by atoms with Gasteiger partial charge in [-0.3, -0.25) is 14.4 Å². The third-order valence-corrected chi connectivity index (χ3v) is 5.06. The van der Waals surface area contributed by atoms with E-state index in [1.807, 2.05) is 0 Å². The summed E-state index contributed by atoms with van der Waals surface area (Å²) in [6.45, 7) is 1.87. The number of aliphatic hydroxyl groups is 1. The Morgan fingerprint density at radius 3 is 2.73 bits per heavy atom. The van der Waals surface area contributed by atoms with Gasteiger partial charge in [-0.1, -0.05) is 0 Å². The first-order valence-electron chi connectivity index (χ1n) is 8.53. The molecule has 0 spiro atoms. The minimum atomic E-state index is -1.37. The van der Waals surface area contributed by atoms with Crippen LogP contribution >= 0.6 is 0 Å². The van der Waals surface area contributed by atoms with Crippen molar-refractivity contribution in [2.75, 3.05) is 13.3 Å². The molecule has 2 bridgehead atoms. The number of nitrogens with zero attached hydrogens (tertiary/aromatic N) is 1. The summed E-state index contributed by atoms with van der Waals surface area (Å²) >= 11 is 0. The Balaban J connectivity index is 1.78. The fraction of sp³-hybridized carbons (Fsp3) is 0.500. The van der Waals surface area contributed by atoms with E-state index in [0.29, 0.717) is 24.5 Å². The lowest BCUT2D eigenvalue weighted by Crippen LogP contribution is -2.47. The second-order valence-corrected chi connectivity index (χ2v) is 6.77. The average Bonchev–Trinajstić information content (AvgIpc) is 2.96. The van der Waals surface area contributed by atoms with Gasteiger partial charge in [0.05, 0.1) is 0 Å². The monoisotopic (exact) mass is 361 g/mol. The maximum atomic E-state index is 12.9. The summed E-state index contributed by atoms with van der Waals surface area (Å²) in [5.41, 5.74) is 1.60. The normalized spacial score (nSPS) is 27.3. The maximum absolute atomic E-state index is 12.9. The molecule has 1 N–H and O–H groups in total. The van der Waals surface area contributed by atoms with Crippen molar-refractivity contribution in [1.82, 2.24) is 4.90 Å². The molecule has 26 heavy (non-hydrogen) atoms. The van der Waals surface area contributed by atoms with Crippen LogP contribution in [0.5, 0.6) is 11.5 Å². The van der Waals surface area contributed by atoms with Gasteiger partial charge in [0, 0.05) is 32.4 Å². The predicted molar refractivity (Wildman–Crippen MR) is 86.5 cm³/mol. The van der Waals surface area contributed by atoms with Gasteiger partial charge in [0.2, 0.25) is 12.9 Å². The lowest BCUT2D eigenvalue weighted by atomic mass is 9.86. The van der Waals surface area contributed by atoms with Gasteiger partial charge in [0.1, 0.15) is 11.9 Å². The molecule has 3 heterocycles. The zero-order chi connectivity index (χ0) is 18.4. The summed E-state index contributed by atoms with van der Waals surface area (Å²) in [5.74, 6) is -0.651. The van der Waals surface area contributed by atoms with Crippen molar-refractivity contribution in [3.63, 3.8) is 0 Å². The number of amides is 1. The molecule has 1 saturated heterocycles. The van der Waals surface area contributed by atoms with E-state index in [0.717, 1.165) is 11.1 Å². The van der Waals surface area contributed by atoms with Crippen molar-refractivity contribution in [3.8, 4) is 11.5 Å². The molecule has 0 unspecified atom stereocenters. The summed E-state index contributed by atoms with van der Waals surface area (Å²) in [5, 5.41) is 10.4. The molecule has 3 atom stereocenters. The minimum absolute atomic E-state index is 0.118. The van der Waals surface area contributed by atoms with Gasteiger partial charge in [-0.2, -0.15) is 0 Å². The molecule has 0 saturated carbocycles. The lowest BCUT2D eigenvalue weighted by Gasteiger charge is -2.28. The van der Waals surface area contributed by atoms with Crippen molar-refractivity contribution < 1.29 is 33.7 Å². The van der Waals surface area contributed by atoms with E-state index < -0.39 is 30.0 Å². The van der Waals surface area contributed by atoms with E-state index in [1.165, 1.54) is 11.8 Å². The quantitative estimate of drug-likeness (QED) is 0.727. The second-order valence-electron chi connectivity index (χ2n) is 6.77. The van der Waals surface area contributed by atoms with Crippen molar-refractivity contribution in [1.29, 1.82) is 0 Å². The number of esters is 1. The average molecular weight is 361 g/mol. The fourth-order valence-electron chi connectivity index (χ4n) is 3.82. The van der Waals surface area contributed by atoms with Gasteiger partial charge in [-0.25, -0.2) is 0 Å². The highest BCUT2D eigenvalue weighted by Crippen LogP contribution is 2.41. The third-order valence-electron chi connectivity index (χ3n) is 5.06. The number of carbonyl (C=O) groups excluding carboxylic acids is 3. The molecule has 0 radical (unpaired) electrons. The van der Waals surface area contributed by atoms with E-state index in [4.69, 9.17) is 14.2 Å². The van der Waals surface area contributed by atoms with Crippen LogP contribution in [0.2, 0.25) is 0 Å². The van der Waals surface area contributed by atoms with Gasteiger partial charge in [0.15, 0.2) is 11.5 Å². The van der Waals surface area contributed by atoms with Gasteiger partial charge < -0.3 is 24.2 Å². The minimum Gasteiger partial charge on any atom is -0.454 e. The molecule has 1 aromatic carbocycles. The van der Waals surface area contributed by atoms with Crippen LogP contribution in [0.4, 0.5) is 0 Å². The number of ketones is 1. The van der Waals surface area contributed by atoms with Gasteiger partial charge >= 0.3 is 5.97 Å². The number of hydrogen-bond donors (Lipinski definition) is 1. The number of ether oxygens (including phenoxy) is 3. The lowest BCUT2D eigenvalue weighted by molar-refractivity contribution is -0.167. The molecule has 0 aliphatic carbocycles. The van der Waals surface area contributed by atoms with Crippen LogP contribution in [-0.4, -0.2) is 53.2 Å². The van der Waals surface area contributed by atoms with E-state index >= 15 is 0 Å². The molecule has 1 amide bonds. The molecule has 4 rings (SSSR count). The SMILES string of the molecule is CC(=O)O[C@@H]1C(=O)N2CC[C@@H](C(=O)C[C@H]1O)c1cc3c(cc1C2)OCO3. The summed E-state index contributed by atoms with van der Waals surface area (Å²) in [4.78, 5) is 38.6. The van der Waals surface area contributed by atoms with Crippen molar-refractivity contribution in [2.45, 2.75) is 44.4 Å². The smallest absolute Gasteiger partial charge is 0.303 e. The Bertz CT molecular complexity index is 790. The fourth-order valence-corrected chi connectivity index (χ4v) is 3.82. The first-order chi connectivity index (χ1) is 12.4. The summed E-state index contributed by atoms with van der Waals surface area (Å²) < 4.78 is 15.9. The van der Waals surface area contributed by atoms with Crippen molar-refractivity contribution in [3.05, 3.63) is 23.3 Å². The van der Waals surface area contributed by atoms with Crippen LogP contribution in [0.15, 0.2) is 12.1 Å². The number of aliphatic hydroxyl groups excluding tert-OH is 1. The van der Waals surface area contributed by atoms with Crippen LogP contribution in [0.25, 0.3) is 0 Å². The Morgan fingerprint density at radius 2 is 2.00 bits per heavy atom. The summed E-state index contributed by atoms with van der Waals surface area (Å²) in [6.07, 6.45) is -2.55.